The van der Waals surface area contributed by atoms with Crippen LogP contribution < -0.4 is 9.64 Å². The van der Waals surface area contributed by atoms with Gasteiger partial charge in [-0.2, -0.15) is 0 Å². The van der Waals surface area contributed by atoms with Crippen LogP contribution in [-0.4, -0.2) is 97.7 Å². The molecule has 0 radical (unpaired) electrons. The molecule has 0 aliphatic carbocycles. The number of nitrogens with zero attached hydrogens (tertiary/aromatic N) is 6. The van der Waals surface area contributed by atoms with E-state index in [1.54, 1.807) is 14.5 Å². The molecule has 5 atom stereocenters. The lowest BCUT2D eigenvalue weighted by Crippen LogP contribution is -2.56. The first-order valence-corrected chi connectivity index (χ1v) is 15.5. The number of rotatable bonds is 8. The summed E-state index contributed by atoms with van der Waals surface area (Å²) in [5.41, 5.74) is -0.367. The maximum atomic E-state index is 14.6. The van der Waals surface area contributed by atoms with Crippen LogP contribution in [0, 0.1) is 11.8 Å². The van der Waals surface area contributed by atoms with Crippen molar-refractivity contribution in [1.29, 1.82) is 0 Å². The molecule has 1 unspecified atom stereocenters. The fourth-order valence-electron chi connectivity index (χ4n) is 7.59. The molecule has 12 heteroatoms. The third-order valence-electron chi connectivity index (χ3n) is 9.55. The summed E-state index contributed by atoms with van der Waals surface area (Å²) in [6.07, 6.45) is 7.88. The Balaban J connectivity index is 1.28. The number of ether oxygens (including phenoxy) is 2. The number of likely N-dealkylation sites (tertiary alicyclic amines) is 1. The van der Waals surface area contributed by atoms with E-state index < -0.39 is 29.1 Å². The lowest BCUT2D eigenvalue weighted by Gasteiger charge is -2.38. The Morgan fingerprint density at radius 2 is 1.73 bits per heavy atom. The normalized spacial score (nSPS) is 29.2. The molecular weight excluding hydrogens is 576 g/mol. The number of para-hydroxylation sites is 1. The van der Waals surface area contributed by atoms with Crippen LogP contribution >= 0.6 is 0 Å². The summed E-state index contributed by atoms with van der Waals surface area (Å²) in [6.45, 7) is 4.62. The number of carbonyl (C=O) groups is 3. The Labute approximate surface area is 260 Å². The van der Waals surface area contributed by atoms with Crippen molar-refractivity contribution in [3.63, 3.8) is 0 Å². The number of aliphatic hydroxyl groups is 1. The standard InChI is InChI=1S/C33H36N6O6/c1-3-32-15-7-18-37(22-11-13-23(14-12-22)44-4-2)29(41)26(32)27-30(42)38(19-20-40)28-31(43)36(17-8-16-33(27,28)45-32)21-39-25-10-6-5-9-24(25)34-35-39/h5-16,26-28,40H,3-4,17-21H2,1-2H3/t26-,27-,28?,32+,33-/m0/s1. The number of aliphatic hydroxyl groups excluding tert-OH is 1. The lowest BCUT2D eigenvalue weighted by atomic mass is 9.73. The summed E-state index contributed by atoms with van der Waals surface area (Å²) in [4.78, 5) is 48.2. The maximum absolute atomic E-state index is 14.6. The number of fused-ring (bicyclic) bond motifs is 3. The van der Waals surface area contributed by atoms with E-state index in [0.29, 0.717) is 36.5 Å². The number of benzene rings is 2. The van der Waals surface area contributed by atoms with Gasteiger partial charge in [0.05, 0.1) is 36.2 Å². The van der Waals surface area contributed by atoms with Gasteiger partial charge in [-0.15, -0.1) is 5.10 Å². The van der Waals surface area contributed by atoms with Gasteiger partial charge in [-0.05, 0) is 49.7 Å². The summed E-state index contributed by atoms with van der Waals surface area (Å²) in [7, 11) is 0. The molecule has 5 heterocycles. The van der Waals surface area contributed by atoms with E-state index in [9.17, 15) is 19.5 Å². The van der Waals surface area contributed by atoms with Crippen LogP contribution in [0.15, 0.2) is 72.8 Å². The van der Waals surface area contributed by atoms with Gasteiger partial charge in [-0.25, -0.2) is 4.68 Å². The van der Waals surface area contributed by atoms with Gasteiger partial charge in [0.15, 0.2) is 0 Å². The van der Waals surface area contributed by atoms with Crippen molar-refractivity contribution >= 4 is 34.4 Å². The van der Waals surface area contributed by atoms with Crippen molar-refractivity contribution in [2.45, 2.75) is 44.2 Å². The summed E-state index contributed by atoms with van der Waals surface area (Å²) in [6, 6.07) is 13.7. The largest absolute Gasteiger partial charge is 0.494 e. The van der Waals surface area contributed by atoms with Crippen LogP contribution in [0.1, 0.15) is 20.3 Å². The number of anilines is 1. The van der Waals surface area contributed by atoms with E-state index in [1.807, 2.05) is 86.7 Å². The van der Waals surface area contributed by atoms with Crippen molar-refractivity contribution < 1.29 is 29.0 Å². The molecule has 4 aliphatic rings. The smallest absolute Gasteiger partial charge is 0.250 e. The molecule has 7 rings (SSSR count). The molecule has 4 aliphatic heterocycles. The van der Waals surface area contributed by atoms with E-state index in [4.69, 9.17) is 9.47 Å². The van der Waals surface area contributed by atoms with Gasteiger partial charge >= 0.3 is 0 Å². The van der Waals surface area contributed by atoms with Crippen molar-refractivity contribution in [2.24, 2.45) is 11.8 Å². The van der Waals surface area contributed by atoms with Gasteiger partial charge in [-0.1, -0.05) is 48.6 Å². The molecule has 1 aromatic heterocycles. The van der Waals surface area contributed by atoms with Gasteiger partial charge in [0.25, 0.3) is 5.91 Å². The van der Waals surface area contributed by atoms with Gasteiger partial charge in [0.2, 0.25) is 11.8 Å². The Morgan fingerprint density at radius 3 is 2.49 bits per heavy atom. The topological polar surface area (TPSA) is 130 Å². The van der Waals surface area contributed by atoms with E-state index in [2.05, 4.69) is 10.3 Å². The molecule has 2 saturated heterocycles. The highest BCUT2D eigenvalue weighted by Gasteiger charge is 2.75. The van der Waals surface area contributed by atoms with Gasteiger partial charge in [0, 0.05) is 25.3 Å². The van der Waals surface area contributed by atoms with Crippen LogP contribution in [0.3, 0.4) is 0 Å². The van der Waals surface area contributed by atoms with E-state index in [-0.39, 0.29) is 44.1 Å². The summed E-state index contributed by atoms with van der Waals surface area (Å²) in [5, 5.41) is 18.5. The minimum absolute atomic E-state index is 0.0662. The molecule has 1 spiro atoms. The Kier molecular flexibility index (Phi) is 7.20. The average molecular weight is 613 g/mol. The minimum Gasteiger partial charge on any atom is -0.494 e. The fraction of sp³-hybridized carbons (Fsp3) is 0.424. The lowest BCUT2D eigenvalue weighted by molar-refractivity contribution is -0.153. The van der Waals surface area contributed by atoms with Crippen molar-refractivity contribution in [2.75, 3.05) is 37.7 Å². The number of amides is 3. The zero-order valence-corrected chi connectivity index (χ0v) is 25.3. The monoisotopic (exact) mass is 612 g/mol. The minimum atomic E-state index is -1.41. The second kappa shape index (κ2) is 11.1. The summed E-state index contributed by atoms with van der Waals surface area (Å²) >= 11 is 0. The van der Waals surface area contributed by atoms with Crippen LogP contribution in [0.4, 0.5) is 5.69 Å². The molecule has 0 bridgehead atoms. The SMILES string of the molecule is CCOc1ccc(N2CC=C[C@@]3(CC)O[C@]45C=CCN(Cn6nnc7ccccc76)C(=O)C4N(CCO)C(=O)[C@@H]5[C@H]3C2=O)cc1. The maximum Gasteiger partial charge on any atom is 0.250 e. The zero-order chi connectivity index (χ0) is 31.3. The predicted molar refractivity (Wildman–Crippen MR) is 164 cm³/mol. The molecule has 234 valence electrons. The van der Waals surface area contributed by atoms with Gasteiger partial charge < -0.3 is 29.3 Å². The number of hydrogen-bond donors (Lipinski definition) is 1. The van der Waals surface area contributed by atoms with Crippen LogP contribution in [0.5, 0.6) is 5.75 Å². The first-order valence-electron chi connectivity index (χ1n) is 15.5. The Bertz CT molecular complexity index is 1700. The Morgan fingerprint density at radius 1 is 0.956 bits per heavy atom. The summed E-state index contributed by atoms with van der Waals surface area (Å²) in [5.74, 6) is -2.13. The first-order chi connectivity index (χ1) is 21.9. The van der Waals surface area contributed by atoms with Crippen molar-refractivity contribution in [3.8, 4) is 5.75 Å². The first kappa shape index (κ1) is 29.2. The van der Waals surface area contributed by atoms with Gasteiger partial charge in [0.1, 0.15) is 29.6 Å². The molecule has 1 N–H and O–H groups in total. The van der Waals surface area contributed by atoms with E-state index in [0.717, 1.165) is 5.52 Å². The summed E-state index contributed by atoms with van der Waals surface area (Å²) < 4.78 is 14.2. The quantitative estimate of drug-likeness (QED) is 0.383. The molecule has 3 aromatic rings. The average Bonchev–Trinajstić information content (AvgIpc) is 3.59. The molecule has 0 saturated carbocycles. The van der Waals surface area contributed by atoms with E-state index >= 15 is 0 Å². The van der Waals surface area contributed by atoms with E-state index in [1.165, 1.54) is 4.90 Å². The number of aromatic nitrogens is 3. The number of β-amino-alcohol motifs (C(OH)–C–C–N with tert-alkyl or cyclic N) is 1. The predicted octanol–water partition coefficient (Wildman–Crippen LogP) is 2.14. The number of hydrogen-bond acceptors (Lipinski definition) is 8. The van der Waals surface area contributed by atoms with Crippen LogP contribution in [0.25, 0.3) is 11.0 Å². The van der Waals surface area contributed by atoms with Crippen LogP contribution in [0.2, 0.25) is 0 Å². The van der Waals surface area contributed by atoms with Gasteiger partial charge in [-0.3, -0.25) is 14.4 Å². The number of carbonyl (C=O) groups excluding carboxylic acids is 3. The van der Waals surface area contributed by atoms with Crippen LogP contribution in [-0.2, 0) is 25.8 Å². The molecular formula is C33H36N6O6. The highest BCUT2D eigenvalue weighted by atomic mass is 16.5. The highest BCUT2D eigenvalue weighted by molar-refractivity contribution is 6.04. The molecule has 12 nitrogen and oxygen atoms in total. The second-order valence-electron chi connectivity index (χ2n) is 11.8. The molecule has 3 amide bonds. The zero-order valence-electron chi connectivity index (χ0n) is 25.3. The molecule has 2 fully saturated rings. The van der Waals surface area contributed by atoms with Crippen molar-refractivity contribution in [3.05, 3.63) is 72.8 Å². The third kappa shape index (κ3) is 4.38. The molecule has 45 heavy (non-hydrogen) atoms. The Hall–Kier alpha value is -4.55. The molecule has 2 aromatic carbocycles. The third-order valence-corrected chi connectivity index (χ3v) is 9.55. The fourth-order valence-corrected chi connectivity index (χ4v) is 7.59. The highest BCUT2D eigenvalue weighted by Crippen LogP contribution is 2.58. The second-order valence-corrected chi connectivity index (χ2v) is 11.8. The van der Waals surface area contributed by atoms with Crippen molar-refractivity contribution in [1.82, 2.24) is 24.8 Å².